The average Bonchev–Trinajstić information content (AvgIpc) is 3.93. The van der Waals surface area contributed by atoms with Crippen molar-refractivity contribution in [1.82, 2.24) is 39.2 Å². The van der Waals surface area contributed by atoms with Gasteiger partial charge in [-0.25, -0.2) is 0 Å². The van der Waals surface area contributed by atoms with Crippen molar-refractivity contribution >= 4 is 0 Å². The Morgan fingerprint density at radius 3 is 1.29 bits per heavy atom. The molecule has 0 spiro atoms. The number of rotatable bonds is 0. The van der Waals surface area contributed by atoms with Gasteiger partial charge >= 0.3 is 0 Å². The van der Waals surface area contributed by atoms with E-state index < -0.39 is 0 Å². The number of fused-ring (bicyclic) bond motifs is 1. The van der Waals surface area contributed by atoms with Crippen LogP contribution < -0.4 is 0 Å². The lowest BCUT2D eigenvalue weighted by molar-refractivity contribution is 0.200. The standard InChI is InChI=1S/C10H13N.C8H17N.C7H15N.C7H13N.2C7H15N.C6H13N.C6H11N.3CH4/c1-8-3-4-9-6-11(2)7-10(9)5-8;1-8-4-3-6-9(2)7-5-8;2*1-7-3-5-8(2)6-4-7;1-7-4-3-5-8(2)6-7;1-7-5-3-4-6-8(7)2;2*1-6-3-4-7(2)5-6;;;/h3-5H,6-7H2,1-2H3;8H,3-7H2,1-2H3;7H,3-6H2,1-2H3;3H,4-6H2,1-2H3;2*7H,3-6H2,1-2H3;6H,3-5H2,1-2H3;3H,4-5H2,1-2H3;3*1H4. The highest BCUT2D eigenvalue weighted by atomic mass is 15.1. The van der Waals surface area contributed by atoms with Crippen LogP contribution in [0.4, 0.5) is 0 Å². The molecule has 8 heterocycles. The molecule has 408 valence electrons. The molecule has 69 heavy (non-hydrogen) atoms. The maximum Gasteiger partial charge on any atom is 0.0237 e. The number of likely N-dealkylation sites (N-methyl/N-ethyl adjacent to an activating group) is 2. The average molecular weight is 970 g/mol. The Morgan fingerprint density at radius 1 is 0.391 bits per heavy atom. The zero-order valence-corrected chi connectivity index (χ0v) is 46.9. The van der Waals surface area contributed by atoms with Crippen LogP contribution >= 0.6 is 0 Å². The van der Waals surface area contributed by atoms with Crippen LogP contribution in [0.1, 0.15) is 164 Å². The summed E-state index contributed by atoms with van der Waals surface area (Å²) >= 11 is 0. The Hall–Kier alpha value is -1.62. The van der Waals surface area contributed by atoms with Crippen LogP contribution in [0, 0.1) is 30.6 Å². The van der Waals surface area contributed by atoms with Crippen molar-refractivity contribution < 1.29 is 0 Å². The van der Waals surface area contributed by atoms with Gasteiger partial charge in [-0.1, -0.05) is 103 Å². The second-order valence-corrected chi connectivity index (χ2v) is 23.1. The minimum absolute atomic E-state index is 0. The lowest BCUT2D eigenvalue weighted by Gasteiger charge is -2.29. The Bertz CT molecular complexity index is 1390. The highest BCUT2D eigenvalue weighted by Gasteiger charge is 2.16. The van der Waals surface area contributed by atoms with Gasteiger partial charge in [0.05, 0.1) is 0 Å². The maximum atomic E-state index is 2.43. The number of piperidine rings is 3. The maximum absolute atomic E-state index is 2.43. The molecule has 5 fully saturated rings. The van der Waals surface area contributed by atoms with E-state index in [1.54, 1.807) is 5.57 Å². The molecule has 9 rings (SSSR count). The van der Waals surface area contributed by atoms with Crippen LogP contribution in [0.3, 0.4) is 0 Å². The lowest BCUT2D eigenvalue weighted by Crippen LogP contribution is -2.33. The predicted octanol–water partition coefficient (Wildman–Crippen LogP) is 12.9. The van der Waals surface area contributed by atoms with Gasteiger partial charge in [-0.15, -0.1) is 0 Å². The molecule has 8 aliphatic heterocycles. The summed E-state index contributed by atoms with van der Waals surface area (Å²) in [5.74, 6) is 3.83. The van der Waals surface area contributed by atoms with Gasteiger partial charge < -0.3 is 29.4 Å². The van der Waals surface area contributed by atoms with Crippen LogP contribution in [0.2, 0.25) is 0 Å². The first-order valence-corrected chi connectivity index (χ1v) is 27.2. The smallest absolute Gasteiger partial charge is 0.0237 e. The minimum atomic E-state index is 0. The van der Waals surface area contributed by atoms with Crippen molar-refractivity contribution in [2.75, 3.05) is 141 Å². The van der Waals surface area contributed by atoms with Crippen molar-refractivity contribution in [3.8, 4) is 0 Å². The summed E-state index contributed by atoms with van der Waals surface area (Å²) in [6.07, 6.45) is 21.3. The van der Waals surface area contributed by atoms with Crippen LogP contribution in [0.25, 0.3) is 0 Å². The number of likely N-dealkylation sites (tertiary alicyclic amines) is 5. The number of benzene rings is 1. The van der Waals surface area contributed by atoms with E-state index >= 15 is 0 Å². The highest BCUT2D eigenvalue weighted by Crippen LogP contribution is 2.22. The highest BCUT2D eigenvalue weighted by molar-refractivity contribution is 5.33. The fourth-order valence-electron chi connectivity index (χ4n) is 9.80. The molecule has 8 heteroatoms. The second kappa shape index (κ2) is 39.9. The lowest BCUT2D eigenvalue weighted by atomic mass is 10.00. The van der Waals surface area contributed by atoms with E-state index in [1.807, 2.05) is 0 Å². The molecule has 4 atom stereocenters. The van der Waals surface area contributed by atoms with Crippen LogP contribution in [-0.4, -0.2) is 187 Å². The molecule has 0 aromatic heterocycles. The largest absolute Gasteiger partial charge is 0.306 e. The summed E-state index contributed by atoms with van der Waals surface area (Å²) in [7, 11) is 17.5. The number of aryl methyl sites for hydroxylation is 1. The summed E-state index contributed by atoms with van der Waals surface area (Å²) < 4.78 is 0. The molecule has 8 nitrogen and oxygen atoms in total. The second-order valence-electron chi connectivity index (χ2n) is 23.1. The molecule has 4 unspecified atom stereocenters. The van der Waals surface area contributed by atoms with Gasteiger partial charge in [0.2, 0.25) is 0 Å². The summed E-state index contributed by atoms with van der Waals surface area (Å²) in [5.41, 5.74) is 7.43. The SMILES string of the molecule is C.C.C.CC1=CCN(C)C1.CC1=CCN(C)CC1.CC1CCCCN1C.CC1CCCN(C)C1.CC1CCCN(C)CC1.CC1CCN(C)C1.CC1CCN(C)CC1.Cc1ccc2c(c1)CN(C)C2. The van der Waals surface area contributed by atoms with Gasteiger partial charge in [0.25, 0.3) is 0 Å². The van der Waals surface area contributed by atoms with E-state index in [4.69, 9.17) is 0 Å². The van der Waals surface area contributed by atoms with E-state index in [0.29, 0.717) is 0 Å². The molecule has 0 amide bonds. The molecule has 1 aromatic carbocycles. The van der Waals surface area contributed by atoms with Crippen molar-refractivity contribution in [1.29, 1.82) is 0 Å². The van der Waals surface area contributed by atoms with Gasteiger partial charge in [0.1, 0.15) is 0 Å². The summed E-state index contributed by atoms with van der Waals surface area (Å²) in [4.78, 5) is 19.0. The van der Waals surface area contributed by atoms with Crippen LogP contribution in [0.5, 0.6) is 0 Å². The van der Waals surface area contributed by atoms with Gasteiger partial charge in [0.15, 0.2) is 0 Å². The van der Waals surface area contributed by atoms with Crippen molar-refractivity contribution in [2.45, 2.75) is 174 Å². The summed E-state index contributed by atoms with van der Waals surface area (Å²) in [5, 5.41) is 0. The van der Waals surface area contributed by atoms with E-state index in [-0.39, 0.29) is 22.3 Å². The van der Waals surface area contributed by atoms with Crippen molar-refractivity contribution in [3.63, 3.8) is 0 Å². The van der Waals surface area contributed by atoms with E-state index in [0.717, 1.165) is 55.9 Å². The number of hydrogen-bond donors (Lipinski definition) is 0. The predicted molar refractivity (Wildman–Crippen MR) is 313 cm³/mol. The molecule has 0 bridgehead atoms. The fourth-order valence-corrected chi connectivity index (χ4v) is 9.80. The van der Waals surface area contributed by atoms with Gasteiger partial charge in [-0.2, -0.15) is 0 Å². The minimum Gasteiger partial charge on any atom is -0.306 e. The molecule has 0 aliphatic carbocycles. The molecule has 5 saturated heterocycles. The van der Waals surface area contributed by atoms with Crippen molar-refractivity contribution in [3.05, 3.63) is 58.2 Å². The first-order chi connectivity index (χ1) is 31.3. The summed E-state index contributed by atoms with van der Waals surface area (Å²) in [6.45, 7) is 36.9. The molecule has 1 aromatic rings. The van der Waals surface area contributed by atoms with Crippen LogP contribution in [0.15, 0.2) is 41.5 Å². The normalized spacial score (nSPS) is 26.0. The van der Waals surface area contributed by atoms with Gasteiger partial charge in [-0.3, -0.25) is 9.80 Å². The summed E-state index contributed by atoms with van der Waals surface area (Å²) in [6, 6.07) is 7.56. The third kappa shape index (κ3) is 34.4. The molecule has 0 saturated carbocycles. The first-order valence-electron chi connectivity index (χ1n) is 27.2. The Labute approximate surface area is 434 Å². The molecule has 0 N–H and O–H groups in total. The van der Waals surface area contributed by atoms with E-state index in [2.05, 4.69) is 181 Å². The van der Waals surface area contributed by atoms with Crippen LogP contribution in [-0.2, 0) is 13.1 Å². The quantitative estimate of drug-likeness (QED) is 0.237. The van der Waals surface area contributed by atoms with E-state index in [1.165, 1.54) is 171 Å². The molecular weight excluding hydrogens is 845 g/mol. The van der Waals surface area contributed by atoms with Gasteiger partial charge in [-0.05, 0) is 235 Å². The molecule has 8 aliphatic rings. The number of nitrogens with zero attached hydrogens (tertiary/aromatic N) is 8. The zero-order chi connectivity index (χ0) is 49.0. The zero-order valence-electron chi connectivity index (χ0n) is 46.9. The third-order valence-corrected chi connectivity index (χ3v) is 15.0. The van der Waals surface area contributed by atoms with E-state index in [9.17, 15) is 0 Å². The Kier molecular flexibility index (Phi) is 40.1. The fraction of sp³-hybridized carbons (Fsp3) is 0.836. The first kappa shape index (κ1) is 69.5. The Balaban J connectivity index is 0. The monoisotopic (exact) mass is 969 g/mol. The van der Waals surface area contributed by atoms with Crippen molar-refractivity contribution in [2.24, 2.45) is 23.7 Å². The Morgan fingerprint density at radius 2 is 0.870 bits per heavy atom. The molecule has 0 radical (unpaired) electrons. The topological polar surface area (TPSA) is 25.9 Å². The number of hydrogen-bond acceptors (Lipinski definition) is 8. The molecular formula is C61H124N8. The third-order valence-electron chi connectivity index (χ3n) is 15.0. The van der Waals surface area contributed by atoms with Gasteiger partial charge in [0, 0.05) is 58.4 Å².